The molecule has 4 heteroatoms. The topological polar surface area (TPSA) is 55.3 Å². The SMILES string of the molecule is Cc1ccc(CN(C)Cc2cccc(N)n2)o1. The highest BCUT2D eigenvalue weighted by Gasteiger charge is 2.05. The minimum Gasteiger partial charge on any atom is -0.465 e. The predicted molar refractivity (Wildman–Crippen MR) is 67.3 cm³/mol. The molecule has 0 radical (unpaired) electrons. The van der Waals surface area contributed by atoms with Crippen molar-refractivity contribution in [2.24, 2.45) is 0 Å². The summed E-state index contributed by atoms with van der Waals surface area (Å²) in [5.41, 5.74) is 6.61. The summed E-state index contributed by atoms with van der Waals surface area (Å²) in [4.78, 5) is 6.40. The number of rotatable bonds is 4. The molecule has 0 fully saturated rings. The minimum atomic E-state index is 0.560. The molecule has 90 valence electrons. The van der Waals surface area contributed by atoms with Crippen LogP contribution in [-0.2, 0) is 13.1 Å². The first-order valence-electron chi connectivity index (χ1n) is 5.59. The van der Waals surface area contributed by atoms with Gasteiger partial charge in [-0.1, -0.05) is 6.07 Å². The van der Waals surface area contributed by atoms with Gasteiger partial charge in [0.2, 0.25) is 0 Å². The first-order chi connectivity index (χ1) is 8.13. The lowest BCUT2D eigenvalue weighted by Crippen LogP contribution is -2.17. The highest BCUT2D eigenvalue weighted by molar-refractivity contribution is 5.28. The molecule has 0 saturated heterocycles. The number of nitrogens with two attached hydrogens (primary N) is 1. The van der Waals surface area contributed by atoms with Crippen LogP contribution < -0.4 is 5.73 Å². The molecule has 17 heavy (non-hydrogen) atoms. The highest BCUT2D eigenvalue weighted by Crippen LogP contribution is 2.10. The average Bonchev–Trinajstić information content (AvgIpc) is 2.63. The summed E-state index contributed by atoms with van der Waals surface area (Å²) >= 11 is 0. The number of anilines is 1. The monoisotopic (exact) mass is 231 g/mol. The smallest absolute Gasteiger partial charge is 0.123 e. The van der Waals surface area contributed by atoms with Gasteiger partial charge in [-0.2, -0.15) is 0 Å². The number of nitrogens with zero attached hydrogens (tertiary/aromatic N) is 2. The van der Waals surface area contributed by atoms with E-state index >= 15 is 0 Å². The van der Waals surface area contributed by atoms with Gasteiger partial charge in [0.05, 0.1) is 12.2 Å². The first kappa shape index (κ1) is 11.7. The molecule has 0 aliphatic rings. The average molecular weight is 231 g/mol. The summed E-state index contributed by atoms with van der Waals surface area (Å²) in [5.74, 6) is 2.47. The molecule has 2 heterocycles. The van der Waals surface area contributed by atoms with Gasteiger partial charge >= 0.3 is 0 Å². The van der Waals surface area contributed by atoms with Gasteiger partial charge in [-0.05, 0) is 38.2 Å². The van der Waals surface area contributed by atoms with Crippen molar-refractivity contribution in [2.45, 2.75) is 20.0 Å². The predicted octanol–water partition coefficient (Wildman–Crippen LogP) is 2.20. The Hall–Kier alpha value is -1.81. The number of nitrogen functional groups attached to an aromatic ring is 1. The van der Waals surface area contributed by atoms with E-state index in [0.29, 0.717) is 5.82 Å². The number of pyridine rings is 1. The molecule has 2 aromatic rings. The van der Waals surface area contributed by atoms with Gasteiger partial charge in [0.25, 0.3) is 0 Å². The maximum atomic E-state index is 5.64. The normalized spacial score (nSPS) is 11.0. The van der Waals surface area contributed by atoms with Gasteiger partial charge in [-0.15, -0.1) is 0 Å². The maximum absolute atomic E-state index is 5.64. The van der Waals surface area contributed by atoms with Crippen LogP contribution >= 0.6 is 0 Å². The van der Waals surface area contributed by atoms with E-state index in [1.807, 2.05) is 38.2 Å². The summed E-state index contributed by atoms with van der Waals surface area (Å²) < 4.78 is 5.53. The Balaban J connectivity index is 1.95. The summed E-state index contributed by atoms with van der Waals surface area (Å²) in [6, 6.07) is 9.66. The Morgan fingerprint density at radius 2 is 2.06 bits per heavy atom. The van der Waals surface area contributed by atoms with E-state index < -0.39 is 0 Å². The van der Waals surface area contributed by atoms with Crippen LogP contribution in [0.4, 0.5) is 5.82 Å². The van der Waals surface area contributed by atoms with Crippen molar-refractivity contribution in [1.82, 2.24) is 9.88 Å². The van der Waals surface area contributed by atoms with Crippen molar-refractivity contribution >= 4 is 5.82 Å². The molecular weight excluding hydrogens is 214 g/mol. The summed E-state index contributed by atoms with van der Waals surface area (Å²) in [6.07, 6.45) is 0. The first-order valence-corrected chi connectivity index (χ1v) is 5.59. The lowest BCUT2D eigenvalue weighted by Gasteiger charge is -2.14. The van der Waals surface area contributed by atoms with Gasteiger partial charge < -0.3 is 10.2 Å². The van der Waals surface area contributed by atoms with Crippen LogP contribution in [0.1, 0.15) is 17.2 Å². The van der Waals surface area contributed by atoms with Crippen molar-refractivity contribution in [3.63, 3.8) is 0 Å². The van der Waals surface area contributed by atoms with E-state index in [1.54, 1.807) is 6.07 Å². The third-order valence-electron chi connectivity index (χ3n) is 2.48. The minimum absolute atomic E-state index is 0.560. The molecule has 0 aliphatic heterocycles. The van der Waals surface area contributed by atoms with E-state index in [0.717, 1.165) is 30.3 Å². The Kier molecular flexibility index (Phi) is 3.44. The zero-order valence-corrected chi connectivity index (χ0v) is 10.2. The van der Waals surface area contributed by atoms with Crippen molar-refractivity contribution < 1.29 is 4.42 Å². The second kappa shape index (κ2) is 5.01. The number of hydrogen-bond acceptors (Lipinski definition) is 4. The zero-order chi connectivity index (χ0) is 12.3. The summed E-state index contributed by atoms with van der Waals surface area (Å²) in [6.45, 7) is 3.47. The van der Waals surface area contributed by atoms with Gasteiger partial charge in [0, 0.05) is 6.54 Å². The van der Waals surface area contributed by atoms with Crippen molar-refractivity contribution in [2.75, 3.05) is 12.8 Å². The van der Waals surface area contributed by atoms with Gasteiger partial charge in [0.1, 0.15) is 17.3 Å². The fraction of sp³-hybridized carbons (Fsp3) is 0.308. The van der Waals surface area contributed by atoms with Crippen LogP contribution in [0.2, 0.25) is 0 Å². The molecule has 0 aliphatic carbocycles. The van der Waals surface area contributed by atoms with Crippen LogP contribution in [-0.4, -0.2) is 16.9 Å². The van der Waals surface area contributed by atoms with Crippen LogP contribution in [0.3, 0.4) is 0 Å². The molecule has 0 unspecified atom stereocenters. The Bertz CT molecular complexity index is 493. The van der Waals surface area contributed by atoms with Crippen LogP contribution in [0.5, 0.6) is 0 Å². The Labute approximate surface area is 101 Å². The quantitative estimate of drug-likeness (QED) is 0.876. The second-order valence-electron chi connectivity index (χ2n) is 4.24. The Morgan fingerprint density at radius 1 is 1.24 bits per heavy atom. The molecule has 0 aromatic carbocycles. The summed E-state index contributed by atoms with van der Waals surface area (Å²) in [5, 5.41) is 0. The van der Waals surface area contributed by atoms with E-state index in [1.165, 1.54) is 0 Å². The van der Waals surface area contributed by atoms with Gasteiger partial charge in [-0.25, -0.2) is 4.98 Å². The molecule has 2 rings (SSSR count). The molecule has 0 amide bonds. The van der Waals surface area contributed by atoms with Gasteiger partial charge in [-0.3, -0.25) is 4.90 Å². The zero-order valence-electron chi connectivity index (χ0n) is 10.2. The maximum Gasteiger partial charge on any atom is 0.123 e. The van der Waals surface area contributed by atoms with Crippen LogP contribution in [0, 0.1) is 6.92 Å². The summed E-state index contributed by atoms with van der Waals surface area (Å²) in [7, 11) is 2.03. The third kappa shape index (κ3) is 3.32. The number of aromatic nitrogens is 1. The lowest BCUT2D eigenvalue weighted by atomic mass is 10.3. The fourth-order valence-corrected chi connectivity index (χ4v) is 1.75. The highest BCUT2D eigenvalue weighted by atomic mass is 16.3. The van der Waals surface area contributed by atoms with E-state index in [2.05, 4.69) is 9.88 Å². The second-order valence-corrected chi connectivity index (χ2v) is 4.24. The number of hydrogen-bond donors (Lipinski definition) is 1. The van der Waals surface area contributed by atoms with E-state index in [4.69, 9.17) is 10.2 Å². The number of furan rings is 1. The molecule has 2 aromatic heterocycles. The standard InChI is InChI=1S/C13H17N3O/c1-10-6-7-12(17-10)9-16(2)8-11-4-3-5-13(14)15-11/h3-7H,8-9H2,1-2H3,(H2,14,15). The van der Waals surface area contributed by atoms with E-state index in [-0.39, 0.29) is 0 Å². The molecule has 0 saturated carbocycles. The van der Waals surface area contributed by atoms with Crippen LogP contribution in [0.15, 0.2) is 34.7 Å². The molecule has 2 N–H and O–H groups in total. The fourth-order valence-electron chi connectivity index (χ4n) is 1.75. The van der Waals surface area contributed by atoms with Crippen molar-refractivity contribution in [1.29, 1.82) is 0 Å². The van der Waals surface area contributed by atoms with E-state index in [9.17, 15) is 0 Å². The largest absolute Gasteiger partial charge is 0.465 e. The van der Waals surface area contributed by atoms with Crippen molar-refractivity contribution in [3.05, 3.63) is 47.5 Å². The van der Waals surface area contributed by atoms with Crippen molar-refractivity contribution in [3.8, 4) is 0 Å². The molecule has 4 nitrogen and oxygen atoms in total. The molecular formula is C13H17N3O. The third-order valence-corrected chi connectivity index (χ3v) is 2.48. The molecule has 0 spiro atoms. The van der Waals surface area contributed by atoms with Crippen LogP contribution in [0.25, 0.3) is 0 Å². The molecule has 0 atom stereocenters. The van der Waals surface area contributed by atoms with Gasteiger partial charge in [0.15, 0.2) is 0 Å². The lowest BCUT2D eigenvalue weighted by molar-refractivity contribution is 0.282. The number of aryl methyl sites for hydroxylation is 1. The Morgan fingerprint density at radius 3 is 2.71 bits per heavy atom. The molecule has 0 bridgehead atoms.